The summed E-state index contributed by atoms with van der Waals surface area (Å²) >= 11 is 1.32. The van der Waals surface area contributed by atoms with Gasteiger partial charge in [-0.05, 0) is 11.5 Å². The zero-order chi connectivity index (χ0) is 8.39. The zero-order valence-electron chi connectivity index (χ0n) is 6.27. The highest BCUT2D eigenvalue weighted by molar-refractivity contribution is 7.09. The van der Waals surface area contributed by atoms with Crippen LogP contribution in [0.2, 0.25) is 0 Å². The Bertz CT molecular complexity index is 369. The van der Waals surface area contributed by atoms with Gasteiger partial charge in [0.15, 0.2) is 0 Å². The van der Waals surface area contributed by atoms with E-state index in [1.807, 2.05) is 30.3 Å². The minimum absolute atomic E-state index is 0.346. The lowest BCUT2D eigenvalue weighted by molar-refractivity contribution is 1.34. The molecule has 12 heavy (non-hydrogen) atoms. The fourth-order valence-corrected chi connectivity index (χ4v) is 1.53. The van der Waals surface area contributed by atoms with Gasteiger partial charge in [-0.3, -0.25) is 0 Å². The van der Waals surface area contributed by atoms with E-state index in [2.05, 4.69) is 9.36 Å². The van der Waals surface area contributed by atoms with Gasteiger partial charge in [0.1, 0.15) is 5.01 Å². The maximum absolute atomic E-state index is 5.40. The number of nitrogens with two attached hydrogens (primary N) is 1. The molecule has 0 aliphatic rings. The van der Waals surface area contributed by atoms with Crippen molar-refractivity contribution in [2.75, 3.05) is 5.73 Å². The maximum atomic E-state index is 5.40. The monoisotopic (exact) mass is 177 g/mol. The van der Waals surface area contributed by atoms with Gasteiger partial charge in [0, 0.05) is 5.56 Å². The summed E-state index contributed by atoms with van der Waals surface area (Å²) < 4.78 is 3.90. The molecule has 0 saturated carbocycles. The van der Waals surface area contributed by atoms with Crippen LogP contribution >= 0.6 is 11.5 Å². The first-order valence-electron chi connectivity index (χ1n) is 3.51. The van der Waals surface area contributed by atoms with E-state index in [-0.39, 0.29) is 0 Å². The molecule has 2 rings (SSSR count). The summed E-state index contributed by atoms with van der Waals surface area (Å²) in [5.74, 6) is 0.346. The third kappa shape index (κ3) is 1.29. The summed E-state index contributed by atoms with van der Waals surface area (Å²) in [6.07, 6.45) is 0. The van der Waals surface area contributed by atoms with Crippen LogP contribution in [0.15, 0.2) is 30.3 Å². The van der Waals surface area contributed by atoms with E-state index in [9.17, 15) is 0 Å². The van der Waals surface area contributed by atoms with Crippen molar-refractivity contribution >= 4 is 17.5 Å². The molecular weight excluding hydrogens is 170 g/mol. The molecule has 0 fully saturated rings. The van der Waals surface area contributed by atoms with Crippen molar-refractivity contribution in [3.8, 4) is 10.6 Å². The molecule has 1 aromatic carbocycles. The Balaban J connectivity index is 2.45. The molecule has 0 spiro atoms. The summed E-state index contributed by atoms with van der Waals surface area (Å²) in [6, 6.07) is 9.87. The van der Waals surface area contributed by atoms with Crippen LogP contribution in [0.4, 0.5) is 5.95 Å². The van der Waals surface area contributed by atoms with E-state index in [1.54, 1.807) is 0 Å². The summed E-state index contributed by atoms with van der Waals surface area (Å²) in [4.78, 5) is 4.07. The number of nitrogen functional groups attached to an aromatic ring is 1. The van der Waals surface area contributed by atoms with Crippen LogP contribution in [0, 0.1) is 0 Å². The molecule has 1 heterocycles. The van der Waals surface area contributed by atoms with Crippen molar-refractivity contribution in [1.82, 2.24) is 9.36 Å². The van der Waals surface area contributed by atoms with Crippen molar-refractivity contribution < 1.29 is 0 Å². The van der Waals surface area contributed by atoms with Gasteiger partial charge < -0.3 is 5.73 Å². The summed E-state index contributed by atoms with van der Waals surface area (Å²) in [5.41, 5.74) is 6.47. The standard InChI is InChI=1S/C8H7N3S/c9-8-10-7(12-11-8)6-4-2-1-3-5-6/h1-5H,(H2,9,11). The van der Waals surface area contributed by atoms with Crippen molar-refractivity contribution in [2.45, 2.75) is 0 Å². The SMILES string of the molecule is Nc1nsc(-c2ccccc2)n1. The van der Waals surface area contributed by atoms with E-state index < -0.39 is 0 Å². The number of anilines is 1. The highest BCUT2D eigenvalue weighted by Gasteiger charge is 2.01. The molecule has 60 valence electrons. The molecule has 0 saturated heterocycles. The first-order valence-corrected chi connectivity index (χ1v) is 4.28. The molecule has 2 N–H and O–H groups in total. The summed E-state index contributed by atoms with van der Waals surface area (Å²) in [6.45, 7) is 0. The van der Waals surface area contributed by atoms with Gasteiger partial charge in [-0.15, -0.1) is 0 Å². The Morgan fingerprint density at radius 2 is 1.92 bits per heavy atom. The Morgan fingerprint density at radius 3 is 2.50 bits per heavy atom. The molecule has 1 aromatic heterocycles. The summed E-state index contributed by atoms with van der Waals surface area (Å²) in [5, 5.41) is 0.869. The fraction of sp³-hybridized carbons (Fsp3) is 0. The Morgan fingerprint density at radius 1 is 1.17 bits per heavy atom. The lowest BCUT2D eigenvalue weighted by Crippen LogP contribution is -1.85. The molecule has 0 radical (unpaired) electrons. The minimum Gasteiger partial charge on any atom is -0.367 e. The third-order valence-corrected chi connectivity index (χ3v) is 2.24. The smallest absolute Gasteiger partial charge is 0.232 e. The topological polar surface area (TPSA) is 51.8 Å². The number of rotatable bonds is 1. The van der Waals surface area contributed by atoms with Crippen molar-refractivity contribution in [3.63, 3.8) is 0 Å². The van der Waals surface area contributed by atoms with Gasteiger partial charge in [-0.25, -0.2) is 0 Å². The third-order valence-electron chi connectivity index (χ3n) is 1.46. The average Bonchev–Trinajstić information content (AvgIpc) is 2.54. The molecule has 0 atom stereocenters. The molecular formula is C8H7N3S. The maximum Gasteiger partial charge on any atom is 0.232 e. The van der Waals surface area contributed by atoms with Gasteiger partial charge in [0.25, 0.3) is 0 Å². The largest absolute Gasteiger partial charge is 0.367 e. The van der Waals surface area contributed by atoms with E-state index in [4.69, 9.17) is 5.73 Å². The first-order chi connectivity index (χ1) is 5.86. The number of hydrogen-bond acceptors (Lipinski definition) is 4. The second-order valence-corrected chi connectivity index (χ2v) is 3.08. The van der Waals surface area contributed by atoms with Crippen LogP contribution in [0.5, 0.6) is 0 Å². The van der Waals surface area contributed by atoms with Gasteiger partial charge in [0.2, 0.25) is 5.95 Å². The lowest BCUT2D eigenvalue weighted by Gasteiger charge is -1.90. The second kappa shape index (κ2) is 2.91. The van der Waals surface area contributed by atoms with Gasteiger partial charge in [-0.1, -0.05) is 30.3 Å². The van der Waals surface area contributed by atoms with E-state index in [0.717, 1.165) is 10.6 Å². The second-order valence-electron chi connectivity index (χ2n) is 2.32. The molecule has 0 amide bonds. The van der Waals surface area contributed by atoms with E-state index in [0.29, 0.717) is 5.95 Å². The normalized spacial score (nSPS) is 10.0. The van der Waals surface area contributed by atoms with Crippen LogP contribution in [-0.2, 0) is 0 Å². The molecule has 0 aliphatic carbocycles. The minimum atomic E-state index is 0.346. The van der Waals surface area contributed by atoms with Gasteiger partial charge in [0.05, 0.1) is 0 Å². The number of hydrogen-bond donors (Lipinski definition) is 1. The molecule has 0 unspecified atom stereocenters. The molecule has 4 heteroatoms. The number of benzene rings is 1. The van der Waals surface area contributed by atoms with Crippen molar-refractivity contribution in [1.29, 1.82) is 0 Å². The van der Waals surface area contributed by atoms with Crippen molar-refractivity contribution in [2.24, 2.45) is 0 Å². The predicted molar refractivity (Wildman–Crippen MR) is 49.8 cm³/mol. The number of aromatic nitrogens is 2. The Hall–Kier alpha value is -1.42. The lowest BCUT2D eigenvalue weighted by atomic mass is 10.2. The van der Waals surface area contributed by atoms with E-state index in [1.165, 1.54) is 11.5 Å². The predicted octanol–water partition coefficient (Wildman–Crippen LogP) is 1.79. The van der Waals surface area contributed by atoms with Crippen LogP contribution in [0.3, 0.4) is 0 Å². The molecule has 0 aliphatic heterocycles. The van der Waals surface area contributed by atoms with Crippen LogP contribution in [-0.4, -0.2) is 9.36 Å². The number of nitrogens with zero attached hydrogens (tertiary/aromatic N) is 2. The average molecular weight is 177 g/mol. The van der Waals surface area contributed by atoms with E-state index >= 15 is 0 Å². The Kier molecular flexibility index (Phi) is 1.75. The highest BCUT2D eigenvalue weighted by Crippen LogP contribution is 2.20. The van der Waals surface area contributed by atoms with Gasteiger partial charge >= 0.3 is 0 Å². The fourth-order valence-electron chi connectivity index (χ4n) is 0.933. The molecule has 0 bridgehead atoms. The van der Waals surface area contributed by atoms with Crippen LogP contribution < -0.4 is 5.73 Å². The summed E-state index contributed by atoms with van der Waals surface area (Å²) in [7, 11) is 0. The quantitative estimate of drug-likeness (QED) is 0.722. The molecule has 3 nitrogen and oxygen atoms in total. The van der Waals surface area contributed by atoms with Crippen LogP contribution in [0.25, 0.3) is 10.6 Å². The Labute approximate surface area is 74.0 Å². The van der Waals surface area contributed by atoms with Gasteiger partial charge in [-0.2, -0.15) is 9.36 Å². The van der Waals surface area contributed by atoms with Crippen molar-refractivity contribution in [3.05, 3.63) is 30.3 Å². The zero-order valence-corrected chi connectivity index (χ0v) is 7.08. The first kappa shape index (κ1) is 7.24. The highest BCUT2D eigenvalue weighted by atomic mass is 32.1. The van der Waals surface area contributed by atoms with Crippen LogP contribution in [0.1, 0.15) is 0 Å². The molecule has 2 aromatic rings.